The maximum atomic E-state index is 9.52. The second-order valence-electron chi connectivity index (χ2n) is 3.39. The summed E-state index contributed by atoms with van der Waals surface area (Å²) in [4.78, 5) is 0. The van der Waals surface area contributed by atoms with E-state index in [1.54, 1.807) is 0 Å². The van der Waals surface area contributed by atoms with E-state index in [1.165, 1.54) is 6.92 Å². The Kier molecular flexibility index (Phi) is 7.60. The van der Waals surface area contributed by atoms with Crippen molar-refractivity contribution >= 4 is 0 Å². The number of rotatable bonds is 8. The molecular formula is C11H22O4. The van der Waals surface area contributed by atoms with Crippen LogP contribution in [0, 0.1) is 0 Å². The van der Waals surface area contributed by atoms with Gasteiger partial charge in [-0.15, -0.1) is 0 Å². The van der Waals surface area contributed by atoms with Crippen molar-refractivity contribution < 1.29 is 19.7 Å². The third-order valence-electron chi connectivity index (χ3n) is 2.01. The van der Waals surface area contributed by atoms with Crippen LogP contribution >= 0.6 is 0 Å². The molecule has 0 saturated carbocycles. The number of aliphatic hydroxyl groups excluding tert-OH is 2. The van der Waals surface area contributed by atoms with Gasteiger partial charge in [0.2, 0.25) is 0 Å². The highest BCUT2D eigenvalue weighted by molar-refractivity contribution is 5.04. The third kappa shape index (κ3) is 5.89. The van der Waals surface area contributed by atoms with Crippen molar-refractivity contribution in [1.82, 2.24) is 0 Å². The Labute approximate surface area is 91.5 Å². The molecule has 4 nitrogen and oxygen atoms in total. The first-order chi connectivity index (χ1) is 7.02. The van der Waals surface area contributed by atoms with Gasteiger partial charge in [0, 0.05) is 19.6 Å². The van der Waals surface area contributed by atoms with Crippen molar-refractivity contribution in [2.75, 3.05) is 13.2 Å². The molecule has 0 amide bonds. The van der Waals surface area contributed by atoms with Crippen LogP contribution in [0.1, 0.15) is 27.2 Å². The number of hydrogen-bond donors (Lipinski definition) is 2. The maximum Gasteiger partial charge on any atom is 0.161 e. The Bertz CT molecular complexity index is 173. The van der Waals surface area contributed by atoms with Crippen LogP contribution < -0.4 is 0 Å². The molecule has 0 aromatic carbocycles. The summed E-state index contributed by atoms with van der Waals surface area (Å²) in [5.74, 6) is 0. The maximum absolute atomic E-state index is 9.52. The summed E-state index contributed by atoms with van der Waals surface area (Å²) in [5, 5.41) is 18.7. The molecule has 2 atom stereocenters. The largest absolute Gasteiger partial charge is 0.390 e. The van der Waals surface area contributed by atoms with Gasteiger partial charge in [0.25, 0.3) is 0 Å². The number of hydrogen-bond acceptors (Lipinski definition) is 4. The summed E-state index contributed by atoms with van der Waals surface area (Å²) in [5.41, 5.74) is 0.525. The predicted octanol–water partition coefficient (Wildman–Crippen LogP) is 1.07. The summed E-state index contributed by atoms with van der Waals surface area (Å²) in [6.45, 7) is 10.1. The van der Waals surface area contributed by atoms with E-state index < -0.39 is 12.2 Å². The van der Waals surface area contributed by atoms with E-state index in [1.807, 2.05) is 13.8 Å². The quantitative estimate of drug-likeness (QED) is 0.472. The van der Waals surface area contributed by atoms with E-state index in [9.17, 15) is 10.2 Å². The molecule has 0 aliphatic rings. The van der Waals surface area contributed by atoms with Gasteiger partial charge in [0.1, 0.15) is 6.10 Å². The minimum Gasteiger partial charge on any atom is -0.390 e. The highest BCUT2D eigenvalue weighted by atomic mass is 16.7. The summed E-state index contributed by atoms with van der Waals surface area (Å²) in [6.07, 6.45) is -1.73. The fourth-order valence-corrected chi connectivity index (χ4v) is 1.21. The zero-order valence-electron chi connectivity index (χ0n) is 9.77. The fourth-order valence-electron chi connectivity index (χ4n) is 1.21. The van der Waals surface area contributed by atoms with Crippen molar-refractivity contribution in [2.45, 2.75) is 45.7 Å². The molecule has 0 bridgehead atoms. The lowest BCUT2D eigenvalue weighted by Gasteiger charge is -2.22. The molecule has 0 fully saturated rings. The Balaban J connectivity index is 4.09. The molecule has 0 aliphatic heterocycles. The van der Waals surface area contributed by atoms with Crippen LogP contribution in [-0.4, -0.2) is 41.9 Å². The first kappa shape index (κ1) is 14.6. The number of aliphatic hydroxyl groups is 2. The Morgan fingerprint density at radius 3 is 2.00 bits per heavy atom. The monoisotopic (exact) mass is 218 g/mol. The van der Waals surface area contributed by atoms with Crippen molar-refractivity contribution in [2.24, 2.45) is 0 Å². The molecule has 0 aromatic rings. The second-order valence-corrected chi connectivity index (χ2v) is 3.39. The average Bonchev–Trinajstić information content (AvgIpc) is 2.17. The molecule has 0 spiro atoms. The van der Waals surface area contributed by atoms with Gasteiger partial charge in [-0.3, -0.25) is 0 Å². The summed E-state index contributed by atoms with van der Waals surface area (Å²) >= 11 is 0. The van der Waals surface area contributed by atoms with Crippen LogP contribution in [-0.2, 0) is 9.47 Å². The minimum atomic E-state index is -0.923. The smallest absolute Gasteiger partial charge is 0.161 e. The second kappa shape index (κ2) is 7.82. The number of ether oxygens (including phenoxy) is 2. The SMILES string of the molecule is C=C(CC(OCC)OCC)[C@H](O)[C@H](C)O. The van der Waals surface area contributed by atoms with Crippen LogP contribution in [0.5, 0.6) is 0 Å². The molecule has 2 N–H and O–H groups in total. The molecule has 0 radical (unpaired) electrons. The van der Waals surface area contributed by atoms with E-state index in [0.717, 1.165) is 0 Å². The highest BCUT2D eigenvalue weighted by Gasteiger charge is 2.19. The van der Waals surface area contributed by atoms with Crippen LogP contribution in [0.3, 0.4) is 0 Å². The molecule has 0 saturated heterocycles. The first-order valence-electron chi connectivity index (χ1n) is 5.29. The lowest BCUT2D eigenvalue weighted by Crippen LogP contribution is -2.28. The molecule has 15 heavy (non-hydrogen) atoms. The lowest BCUT2D eigenvalue weighted by atomic mass is 10.0. The summed E-state index contributed by atoms with van der Waals surface area (Å²) in [6, 6.07) is 0. The summed E-state index contributed by atoms with van der Waals surface area (Å²) in [7, 11) is 0. The molecule has 0 aliphatic carbocycles. The van der Waals surface area contributed by atoms with Gasteiger partial charge in [-0.05, 0) is 26.3 Å². The molecule has 0 rings (SSSR count). The fraction of sp³-hybridized carbons (Fsp3) is 0.818. The van der Waals surface area contributed by atoms with Crippen molar-refractivity contribution in [3.63, 3.8) is 0 Å². The molecular weight excluding hydrogens is 196 g/mol. The Morgan fingerprint density at radius 1 is 1.20 bits per heavy atom. The van der Waals surface area contributed by atoms with Crippen LogP contribution in [0.15, 0.2) is 12.2 Å². The summed E-state index contributed by atoms with van der Waals surface area (Å²) < 4.78 is 10.6. The van der Waals surface area contributed by atoms with Gasteiger partial charge in [-0.2, -0.15) is 0 Å². The van der Waals surface area contributed by atoms with Crippen LogP contribution in [0.2, 0.25) is 0 Å². The topological polar surface area (TPSA) is 58.9 Å². The van der Waals surface area contributed by atoms with E-state index in [4.69, 9.17) is 9.47 Å². The minimum absolute atomic E-state index is 0.388. The lowest BCUT2D eigenvalue weighted by molar-refractivity contribution is -0.136. The highest BCUT2D eigenvalue weighted by Crippen LogP contribution is 2.14. The van der Waals surface area contributed by atoms with E-state index in [2.05, 4.69) is 6.58 Å². The van der Waals surface area contributed by atoms with Gasteiger partial charge in [-0.1, -0.05) is 6.58 Å². The third-order valence-corrected chi connectivity index (χ3v) is 2.01. The first-order valence-corrected chi connectivity index (χ1v) is 5.29. The molecule has 0 heterocycles. The Morgan fingerprint density at radius 2 is 1.67 bits per heavy atom. The zero-order chi connectivity index (χ0) is 11.8. The molecule has 4 heteroatoms. The van der Waals surface area contributed by atoms with E-state index in [-0.39, 0.29) is 6.29 Å². The van der Waals surface area contributed by atoms with Gasteiger partial charge in [0.15, 0.2) is 6.29 Å². The molecule has 0 unspecified atom stereocenters. The van der Waals surface area contributed by atoms with E-state index in [0.29, 0.717) is 25.2 Å². The molecule has 90 valence electrons. The normalized spacial score (nSPS) is 15.3. The van der Waals surface area contributed by atoms with Crippen LogP contribution in [0.25, 0.3) is 0 Å². The standard InChI is InChI=1S/C11H22O4/c1-5-14-10(15-6-2)7-8(3)11(13)9(4)12/h9-13H,3,5-7H2,1-2,4H3/t9-,11-/m0/s1. The average molecular weight is 218 g/mol. The van der Waals surface area contributed by atoms with Gasteiger partial charge < -0.3 is 19.7 Å². The van der Waals surface area contributed by atoms with Crippen molar-refractivity contribution in [3.05, 3.63) is 12.2 Å². The Hall–Kier alpha value is -0.420. The van der Waals surface area contributed by atoms with Gasteiger partial charge in [0.05, 0.1) is 6.10 Å². The van der Waals surface area contributed by atoms with Gasteiger partial charge >= 0.3 is 0 Å². The van der Waals surface area contributed by atoms with Gasteiger partial charge in [-0.25, -0.2) is 0 Å². The predicted molar refractivity (Wildman–Crippen MR) is 58.5 cm³/mol. The van der Waals surface area contributed by atoms with Crippen molar-refractivity contribution in [3.8, 4) is 0 Å². The van der Waals surface area contributed by atoms with E-state index >= 15 is 0 Å². The van der Waals surface area contributed by atoms with Crippen molar-refractivity contribution in [1.29, 1.82) is 0 Å². The zero-order valence-corrected chi connectivity index (χ0v) is 9.77. The van der Waals surface area contributed by atoms with Crippen LogP contribution in [0.4, 0.5) is 0 Å². The molecule has 0 aromatic heterocycles.